The number of nitrogens with one attached hydrogen (secondary N) is 2. The second kappa shape index (κ2) is 11.0. The zero-order chi connectivity index (χ0) is 22.9. The van der Waals surface area contributed by atoms with Crippen LogP contribution in [0.4, 0.5) is 5.69 Å². The van der Waals surface area contributed by atoms with Crippen LogP contribution < -0.4 is 15.4 Å². The summed E-state index contributed by atoms with van der Waals surface area (Å²) >= 11 is 0. The van der Waals surface area contributed by atoms with E-state index in [1.165, 1.54) is 0 Å². The summed E-state index contributed by atoms with van der Waals surface area (Å²) in [7, 11) is 1.63. The normalized spacial score (nSPS) is 10.6. The van der Waals surface area contributed by atoms with Crippen molar-refractivity contribution in [1.82, 2.24) is 15.1 Å². The van der Waals surface area contributed by atoms with Crippen molar-refractivity contribution in [1.29, 1.82) is 0 Å². The van der Waals surface area contributed by atoms with Gasteiger partial charge in [0.05, 0.1) is 19.2 Å². The van der Waals surface area contributed by atoms with Crippen LogP contribution in [0.2, 0.25) is 0 Å². The molecule has 4 aromatic rings. The molecular formula is C27H28N4O2. The summed E-state index contributed by atoms with van der Waals surface area (Å²) in [5, 5.41) is 11.1. The number of nitrogens with zero attached hydrogens (tertiary/aromatic N) is 2. The summed E-state index contributed by atoms with van der Waals surface area (Å²) in [5.74, 6) is 0.593. The predicted octanol–water partition coefficient (Wildman–Crippen LogP) is 4.84. The van der Waals surface area contributed by atoms with Crippen molar-refractivity contribution in [2.45, 2.75) is 13.0 Å². The maximum absolute atomic E-state index is 13.1. The van der Waals surface area contributed by atoms with Gasteiger partial charge >= 0.3 is 0 Å². The molecule has 0 spiro atoms. The van der Waals surface area contributed by atoms with Gasteiger partial charge in [0.2, 0.25) is 0 Å². The molecule has 0 aliphatic rings. The Morgan fingerprint density at radius 3 is 2.45 bits per heavy atom. The molecule has 2 N–H and O–H groups in total. The van der Waals surface area contributed by atoms with Crippen LogP contribution in [0.25, 0.3) is 11.3 Å². The van der Waals surface area contributed by atoms with Crippen molar-refractivity contribution in [2.75, 3.05) is 25.5 Å². The molecule has 1 heterocycles. The molecule has 33 heavy (non-hydrogen) atoms. The predicted molar refractivity (Wildman–Crippen MR) is 132 cm³/mol. The fourth-order valence-corrected chi connectivity index (χ4v) is 3.60. The number of hydrogen-bond acceptors (Lipinski definition) is 4. The summed E-state index contributed by atoms with van der Waals surface area (Å²) < 4.78 is 7.18. The van der Waals surface area contributed by atoms with Gasteiger partial charge in [-0.2, -0.15) is 5.10 Å². The van der Waals surface area contributed by atoms with Crippen LogP contribution in [0.3, 0.4) is 0 Å². The van der Waals surface area contributed by atoms with Crippen LogP contribution in [-0.4, -0.2) is 35.9 Å². The van der Waals surface area contributed by atoms with E-state index in [4.69, 9.17) is 9.84 Å². The minimum Gasteiger partial charge on any atom is -0.497 e. The highest BCUT2D eigenvalue weighted by atomic mass is 16.5. The first-order valence-corrected chi connectivity index (χ1v) is 11.1. The lowest BCUT2D eigenvalue weighted by Crippen LogP contribution is -2.26. The molecule has 0 unspecified atom stereocenters. The minimum absolute atomic E-state index is 0.133. The van der Waals surface area contributed by atoms with Gasteiger partial charge in [0.15, 0.2) is 0 Å². The van der Waals surface area contributed by atoms with E-state index in [1.54, 1.807) is 7.11 Å². The Morgan fingerprint density at radius 2 is 1.70 bits per heavy atom. The smallest absolute Gasteiger partial charge is 0.255 e. The quantitative estimate of drug-likeness (QED) is 0.346. The molecule has 0 radical (unpaired) electrons. The average molecular weight is 441 g/mol. The standard InChI is InChI=1S/C27H28N4O2/c1-33-24-15-8-12-22(18-24)26-25(20-31(30-26)19-21-10-4-2-5-11-21)27(32)29-17-9-16-28-23-13-6-3-7-14-23/h2-8,10-15,18,20,28H,9,16-17,19H2,1H3,(H,29,32). The number of para-hydroxylation sites is 1. The molecule has 0 atom stereocenters. The number of carbonyl (C=O) groups is 1. The fraction of sp³-hybridized carbons (Fsp3) is 0.185. The Balaban J connectivity index is 1.46. The Hall–Kier alpha value is -4.06. The SMILES string of the molecule is COc1cccc(-c2nn(Cc3ccccc3)cc2C(=O)NCCCNc2ccccc2)c1. The van der Waals surface area contributed by atoms with Crippen LogP contribution >= 0.6 is 0 Å². The number of amides is 1. The Bertz CT molecular complexity index is 1170. The van der Waals surface area contributed by atoms with Crippen LogP contribution in [-0.2, 0) is 6.54 Å². The second-order valence-corrected chi connectivity index (χ2v) is 7.71. The zero-order valence-electron chi connectivity index (χ0n) is 18.7. The first-order valence-electron chi connectivity index (χ1n) is 11.1. The van der Waals surface area contributed by atoms with Gasteiger partial charge in [0.1, 0.15) is 11.4 Å². The first kappa shape index (κ1) is 22.1. The molecule has 168 valence electrons. The molecule has 4 rings (SSSR count). The topological polar surface area (TPSA) is 68.2 Å². The van der Waals surface area contributed by atoms with Crippen molar-refractivity contribution in [2.24, 2.45) is 0 Å². The summed E-state index contributed by atoms with van der Waals surface area (Å²) in [4.78, 5) is 13.1. The lowest BCUT2D eigenvalue weighted by molar-refractivity contribution is 0.0954. The second-order valence-electron chi connectivity index (χ2n) is 7.71. The van der Waals surface area contributed by atoms with Crippen molar-refractivity contribution in [3.05, 3.63) is 102 Å². The molecule has 0 aliphatic heterocycles. The Morgan fingerprint density at radius 1 is 0.939 bits per heavy atom. The number of methoxy groups -OCH3 is 1. The lowest BCUT2D eigenvalue weighted by atomic mass is 10.1. The highest BCUT2D eigenvalue weighted by molar-refractivity contribution is 5.99. The molecule has 6 heteroatoms. The summed E-state index contributed by atoms with van der Waals surface area (Å²) in [5.41, 5.74) is 4.24. The van der Waals surface area contributed by atoms with Crippen molar-refractivity contribution in [3.8, 4) is 17.0 Å². The highest BCUT2D eigenvalue weighted by Gasteiger charge is 2.18. The summed E-state index contributed by atoms with van der Waals surface area (Å²) in [6, 6.07) is 27.7. The van der Waals surface area contributed by atoms with Gasteiger partial charge in [0.25, 0.3) is 5.91 Å². The third-order valence-electron chi connectivity index (χ3n) is 5.28. The van der Waals surface area contributed by atoms with E-state index in [2.05, 4.69) is 10.6 Å². The van der Waals surface area contributed by atoms with Crippen molar-refractivity contribution >= 4 is 11.6 Å². The molecular weight excluding hydrogens is 412 g/mol. The molecule has 0 aliphatic carbocycles. The minimum atomic E-state index is -0.133. The van der Waals surface area contributed by atoms with Crippen molar-refractivity contribution in [3.63, 3.8) is 0 Å². The number of hydrogen-bond donors (Lipinski definition) is 2. The lowest BCUT2D eigenvalue weighted by Gasteiger charge is -2.08. The number of carbonyl (C=O) groups excluding carboxylic acids is 1. The Kier molecular flexibility index (Phi) is 7.38. The van der Waals surface area contributed by atoms with Gasteiger partial charge in [0, 0.05) is 30.5 Å². The summed E-state index contributed by atoms with van der Waals surface area (Å²) in [6.45, 7) is 1.94. The third kappa shape index (κ3) is 6.01. The first-order chi connectivity index (χ1) is 16.2. The van der Waals surface area contributed by atoms with E-state index in [0.717, 1.165) is 35.5 Å². The Labute approximate surface area is 194 Å². The monoisotopic (exact) mass is 440 g/mol. The van der Waals surface area contributed by atoms with E-state index >= 15 is 0 Å². The molecule has 0 bridgehead atoms. The third-order valence-corrected chi connectivity index (χ3v) is 5.28. The number of rotatable bonds is 10. The highest BCUT2D eigenvalue weighted by Crippen LogP contribution is 2.26. The average Bonchev–Trinajstić information content (AvgIpc) is 3.29. The number of aromatic nitrogens is 2. The maximum atomic E-state index is 13.1. The van der Waals surface area contributed by atoms with Crippen LogP contribution in [0.15, 0.2) is 91.1 Å². The van der Waals surface area contributed by atoms with E-state index in [9.17, 15) is 4.79 Å². The van der Waals surface area contributed by atoms with Gasteiger partial charge in [-0.1, -0.05) is 60.7 Å². The molecule has 6 nitrogen and oxygen atoms in total. The van der Waals surface area contributed by atoms with E-state index in [-0.39, 0.29) is 5.91 Å². The van der Waals surface area contributed by atoms with E-state index in [1.807, 2.05) is 95.8 Å². The number of benzene rings is 3. The number of anilines is 1. The maximum Gasteiger partial charge on any atom is 0.255 e. The van der Waals surface area contributed by atoms with Crippen LogP contribution in [0.1, 0.15) is 22.3 Å². The van der Waals surface area contributed by atoms with E-state index in [0.29, 0.717) is 24.3 Å². The zero-order valence-corrected chi connectivity index (χ0v) is 18.7. The van der Waals surface area contributed by atoms with Crippen molar-refractivity contribution < 1.29 is 9.53 Å². The van der Waals surface area contributed by atoms with Crippen LogP contribution in [0, 0.1) is 0 Å². The van der Waals surface area contributed by atoms with Gasteiger partial charge in [-0.05, 0) is 36.2 Å². The van der Waals surface area contributed by atoms with Gasteiger partial charge < -0.3 is 15.4 Å². The molecule has 0 saturated heterocycles. The van der Waals surface area contributed by atoms with Gasteiger partial charge in [-0.15, -0.1) is 0 Å². The molecule has 0 fully saturated rings. The largest absolute Gasteiger partial charge is 0.497 e. The van der Waals surface area contributed by atoms with Crippen LogP contribution in [0.5, 0.6) is 5.75 Å². The van der Waals surface area contributed by atoms with Gasteiger partial charge in [-0.3, -0.25) is 9.48 Å². The molecule has 1 aromatic heterocycles. The van der Waals surface area contributed by atoms with E-state index < -0.39 is 0 Å². The fourth-order valence-electron chi connectivity index (χ4n) is 3.60. The molecule has 0 saturated carbocycles. The molecule has 3 aromatic carbocycles. The molecule has 1 amide bonds. The van der Waals surface area contributed by atoms with Gasteiger partial charge in [-0.25, -0.2) is 0 Å². The summed E-state index contributed by atoms with van der Waals surface area (Å²) in [6.07, 6.45) is 2.63. The number of ether oxygens (including phenoxy) is 1.